The van der Waals surface area contributed by atoms with E-state index >= 15 is 0 Å². The van der Waals surface area contributed by atoms with E-state index in [1.54, 1.807) is 17.0 Å². The smallest absolute Gasteiger partial charge is 0.321 e. The number of benzene rings is 2. The maximum absolute atomic E-state index is 12.4. The Labute approximate surface area is 161 Å². The number of nitrogens with zero attached hydrogens (tertiary/aromatic N) is 1. The van der Waals surface area contributed by atoms with Gasteiger partial charge in [0.1, 0.15) is 0 Å². The third-order valence-electron chi connectivity index (χ3n) is 4.14. The summed E-state index contributed by atoms with van der Waals surface area (Å²) in [6.07, 6.45) is 1.97. The molecule has 0 spiro atoms. The SMILES string of the molecule is O=C(Nc1cccc(Cl)c1)N1CCCC(OCc2ccc(Br)cc2)C1. The summed E-state index contributed by atoms with van der Waals surface area (Å²) in [5.41, 5.74) is 1.83. The van der Waals surface area contributed by atoms with Gasteiger partial charge in [-0.05, 0) is 48.7 Å². The molecule has 1 atom stereocenters. The molecule has 25 heavy (non-hydrogen) atoms. The van der Waals surface area contributed by atoms with Crippen LogP contribution in [-0.2, 0) is 11.3 Å². The summed E-state index contributed by atoms with van der Waals surface area (Å²) in [6, 6.07) is 15.1. The van der Waals surface area contributed by atoms with E-state index < -0.39 is 0 Å². The summed E-state index contributed by atoms with van der Waals surface area (Å²) in [6.45, 7) is 1.90. The van der Waals surface area contributed by atoms with Crippen LogP contribution in [0, 0.1) is 0 Å². The molecule has 1 aliphatic heterocycles. The van der Waals surface area contributed by atoms with Gasteiger partial charge < -0.3 is 15.0 Å². The molecule has 6 heteroatoms. The first-order valence-corrected chi connectivity index (χ1v) is 9.45. The molecule has 0 aliphatic carbocycles. The van der Waals surface area contributed by atoms with Crippen molar-refractivity contribution in [3.05, 3.63) is 63.6 Å². The molecule has 1 unspecified atom stereocenters. The Morgan fingerprint density at radius 3 is 2.84 bits per heavy atom. The van der Waals surface area contributed by atoms with Gasteiger partial charge in [0.2, 0.25) is 0 Å². The molecule has 2 amide bonds. The number of likely N-dealkylation sites (tertiary alicyclic amines) is 1. The number of piperidine rings is 1. The van der Waals surface area contributed by atoms with E-state index in [9.17, 15) is 4.79 Å². The number of amides is 2. The largest absolute Gasteiger partial charge is 0.372 e. The number of urea groups is 1. The number of hydrogen-bond acceptors (Lipinski definition) is 2. The lowest BCUT2D eigenvalue weighted by Crippen LogP contribution is -2.45. The van der Waals surface area contributed by atoms with E-state index in [4.69, 9.17) is 16.3 Å². The van der Waals surface area contributed by atoms with Gasteiger partial charge in [-0.15, -0.1) is 0 Å². The van der Waals surface area contributed by atoms with Crippen molar-refractivity contribution in [1.29, 1.82) is 0 Å². The average molecular weight is 424 g/mol. The molecule has 4 nitrogen and oxygen atoms in total. The minimum atomic E-state index is -0.112. The third kappa shape index (κ3) is 5.46. The van der Waals surface area contributed by atoms with Crippen LogP contribution in [0.5, 0.6) is 0 Å². The van der Waals surface area contributed by atoms with Crippen molar-refractivity contribution in [3.63, 3.8) is 0 Å². The molecule has 1 heterocycles. The van der Waals surface area contributed by atoms with Crippen molar-refractivity contribution in [2.75, 3.05) is 18.4 Å². The molecule has 0 bridgehead atoms. The van der Waals surface area contributed by atoms with E-state index in [1.165, 1.54) is 0 Å². The molecule has 2 aromatic carbocycles. The fraction of sp³-hybridized carbons (Fsp3) is 0.316. The lowest BCUT2D eigenvalue weighted by Gasteiger charge is -2.32. The monoisotopic (exact) mass is 422 g/mol. The number of nitrogens with one attached hydrogen (secondary N) is 1. The average Bonchev–Trinajstić information content (AvgIpc) is 2.61. The van der Waals surface area contributed by atoms with Crippen LogP contribution >= 0.6 is 27.5 Å². The number of ether oxygens (including phenoxy) is 1. The van der Waals surface area contributed by atoms with Crippen LogP contribution in [0.15, 0.2) is 53.0 Å². The van der Waals surface area contributed by atoms with E-state index in [0.717, 1.165) is 29.4 Å². The Kier molecular flexibility index (Phi) is 6.34. The Morgan fingerprint density at radius 1 is 1.28 bits per heavy atom. The minimum absolute atomic E-state index is 0.0579. The predicted octanol–water partition coefficient (Wildman–Crippen LogP) is 5.32. The first-order chi connectivity index (χ1) is 12.1. The number of anilines is 1. The van der Waals surface area contributed by atoms with Gasteiger partial charge in [-0.2, -0.15) is 0 Å². The molecular formula is C19H20BrClN2O2. The van der Waals surface area contributed by atoms with Crippen molar-refractivity contribution in [3.8, 4) is 0 Å². The van der Waals surface area contributed by atoms with Crippen molar-refractivity contribution in [2.24, 2.45) is 0 Å². The maximum atomic E-state index is 12.4. The van der Waals surface area contributed by atoms with Crippen LogP contribution in [0.2, 0.25) is 5.02 Å². The van der Waals surface area contributed by atoms with E-state index in [-0.39, 0.29) is 12.1 Å². The highest BCUT2D eigenvalue weighted by Crippen LogP contribution is 2.19. The van der Waals surface area contributed by atoms with E-state index in [1.807, 2.05) is 36.4 Å². The van der Waals surface area contributed by atoms with Crippen molar-refractivity contribution >= 4 is 39.2 Å². The molecule has 132 valence electrons. The van der Waals surface area contributed by atoms with Crippen molar-refractivity contribution in [1.82, 2.24) is 4.90 Å². The second-order valence-electron chi connectivity index (χ2n) is 6.09. The van der Waals surface area contributed by atoms with Gasteiger partial charge in [0, 0.05) is 28.3 Å². The zero-order chi connectivity index (χ0) is 17.6. The summed E-state index contributed by atoms with van der Waals surface area (Å²) >= 11 is 9.39. The van der Waals surface area contributed by atoms with Gasteiger partial charge in [-0.25, -0.2) is 4.79 Å². The van der Waals surface area contributed by atoms with Crippen LogP contribution in [0.4, 0.5) is 10.5 Å². The lowest BCUT2D eigenvalue weighted by molar-refractivity contribution is 0.00101. The van der Waals surface area contributed by atoms with Gasteiger partial charge in [-0.1, -0.05) is 45.7 Å². The van der Waals surface area contributed by atoms with Crippen LogP contribution in [0.3, 0.4) is 0 Å². The van der Waals surface area contributed by atoms with Crippen molar-refractivity contribution < 1.29 is 9.53 Å². The summed E-state index contributed by atoms with van der Waals surface area (Å²) < 4.78 is 7.05. The third-order valence-corrected chi connectivity index (χ3v) is 4.90. The van der Waals surface area contributed by atoms with Gasteiger partial charge in [0.15, 0.2) is 0 Å². The first kappa shape index (κ1) is 18.2. The van der Waals surface area contributed by atoms with Crippen LogP contribution in [-0.4, -0.2) is 30.1 Å². The van der Waals surface area contributed by atoms with Gasteiger partial charge in [0.05, 0.1) is 12.7 Å². The highest BCUT2D eigenvalue weighted by molar-refractivity contribution is 9.10. The summed E-state index contributed by atoms with van der Waals surface area (Å²) in [7, 11) is 0. The number of halogens is 2. The number of carbonyl (C=O) groups is 1. The van der Waals surface area contributed by atoms with E-state index in [2.05, 4.69) is 21.2 Å². The zero-order valence-corrected chi connectivity index (χ0v) is 16.1. The van der Waals surface area contributed by atoms with Crippen LogP contribution in [0.25, 0.3) is 0 Å². The molecule has 1 aliphatic rings. The van der Waals surface area contributed by atoms with Crippen LogP contribution < -0.4 is 5.32 Å². The van der Waals surface area contributed by atoms with Crippen molar-refractivity contribution in [2.45, 2.75) is 25.6 Å². The van der Waals surface area contributed by atoms with E-state index in [0.29, 0.717) is 23.9 Å². The lowest BCUT2D eigenvalue weighted by atomic mass is 10.1. The second kappa shape index (κ2) is 8.70. The zero-order valence-electron chi connectivity index (χ0n) is 13.8. The van der Waals surface area contributed by atoms with Gasteiger partial charge in [0.25, 0.3) is 0 Å². The molecule has 0 radical (unpaired) electrons. The molecule has 1 saturated heterocycles. The standard InChI is InChI=1S/C19H20BrClN2O2/c20-15-8-6-14(7-9-15)13-25-18-5-2-10-23(12-18)19(24)22-17-4-1-3-16(21)11-17/h1,3-4,6-9,11,18H,2,5,10,12-13H2,(H,22,24). The second-order valence-corrected chi connectivity index (χ2v) is 7.44. The Bertz CT molecular complexity index is 724. The highest BCUT2D eigenvalue weighted by Gasteiger charge is 2.24. The predicted molar refractivity (Wildman–Crippen MR) is 104 cm³/mol. The topological polar surface area (TPSA) is 41.6 Å². The molecule has 3 rings (SSSR count). The molecule has 2 aromatic rings. The number of hydrogen-bond donors (Lipinski definition) is 1. The molecule has 0 saturated carbocycles. The Hall–Kier alpha value is -1.56. The molecule has 1 N–H and O–H groups in total. The number of rotatable bonds is 4. The number of carbonyl (C=O) groups excluding carboxylic acids is 1. The quantitative estimate of drug-likeness (QED) is 0.723. The molecule has 1 fully saturated rings. The fourth-order valence-electron chi connectivity index (χ4n) is 2.82. The molecule has 0 aromatic heterocycles. The van der Waals surface area contributed by atoms with Crippen LogP contribution in [0.1, 0.15) is 18.4 Å². The maximum Gasteiger partial charge on any atom is 0.321 e. The minimum Gasteiger partial charge on any atom is -0.372 e. The highest BCUT2D eigenvalue weighted by atomic mass is 79.9. The summed E-state index contributed by atoms with van der Waals surface area (Å²) in [4.78, 5) is 14.2. The summed E-state index contributed by atoms with van der Waals surface area (Å²) in [5.74, 6) is 0. The Balaban J connectivity index is 1.51. The first-order valence-electron chi connectivity index (χ1n) is 8.28. The molecular weight excluding hydrogens is 404 g/mol. The van der Waals surface area contributed by atoms with Gasteiger partial charge >= 0.3 is 6.03 Å². The fourth-order valence-corrected chi connectivity index (χ4v) is 3.28. The summed E-state index contributed by atoms with van der Waals surface area (Å²) in [5, 5.41) is 3.50. The van der Waals surface area contributed by atoms with Gasteiger partial charge in [-0.3, -0.25) is 0 Å². The Morgan fingerprint density at radius 2 is 2.08 bits per heavy atom. The normalized spacial score (nSPS) is 17.4.